The minimum absolute atomic E-state index is 0.0652. The van der Waals surface area contributed by atoms with Crippen molar-refractivity contribution in [3.63, 3.8) is 0 Å². The number of rotatable bonds is 22. The van der Waals surface area contributed by atoms with Crippen molar-refractivity contribution in [2.45, 2.75) is 12.5 Å². The Morgan fingerprint density at radius 3 is 1.44 bits per heavy atom. The monoisotopic (exact) mass is 683 g/mol. The summed E-state index contributed by atoms with van der Waals surface area (Å²) >= 11 is 0. The fraction of sp³-hybridized carbons (Fsp3) is 0.621. The average molecular weight is 684 g/mol. The first-order chi connectivity index (χ1) is 22.7. The van der Waals surface area contributed by atoms with Gasteiger partial charge in [-0.2, -0.15) is 0 Å². The zero-order valence-electron chi connectivity index (χ0n) is 26.7. The number of hydrogen-bond donors (Lipinski definition) is 6. The Morgan fingerprint density at radius 1 is 0.688 bits per heavy atom. The van der Waals surface area contributed by atoms with Gasteiger partial charge < -0.3 is 30.8 Å². The van der Waals surface area contributed by atoms with Crippen molar-refractivity contribution in [1.82, 2.24) is 29.8 Å². The van der Waals surface area contributed by atoms with Gasteiger partial charge in [-0.05, 0) is 12.0 Å². The highest BCUT2D eigenvalue weighted by molar-refractivity contribution is 5.73. The van der Waals surface area contributed by atoms with E-state index in [2.05, 4.69) is 20.0 Å². The van der Waals surface area contributed by atoms with Crippen molar-refractivity contribution in [2.24, 2.45) is 0 Å². The lowest BCUT2D eigenvalue weighted by Gasteiger charge is -2.30. The van der Waals surface area contributed by atoms with Crippen LogP contribution in [-0.4, -0.2) is 196 Å². The zero-order valence-corrected chi connectivity index (χ0v) is 26.7. The summed E-state index contributed by atoms with van der Waals surface area (Å²) in [5, 5.41) is 60.4. The summed E-state index contributed by atoms with van der Waals surface area (Å²) in [6.45, 7) is 2.52. The molecular weight excluding hydrogens is 638 g/mol. The third-order valence-electron chi connectivity index (χ3n) is 7.75. The SMILES string of the molecule is O=C(O)CNC(Cc1ccc([N+](=O)[O-])cc1)CN1CCN(CCN(CC(=O)O)CC(=O)O)CCN(CCN(CC(=O)O)CC(=O)O)CC1. The topological polar surface area (TPSA) is 258 Å². The number of carbonyl (C=O) groups is 5. The second-order valence-corrected chi connectivity index (χ2v) is 11.6. The average Bonchev–Trinajstić information content (AvgIpc) is 3.07. The Balaban J connectivity index is 2.23. The molecule has 1 heterocycles. The lowest BCUT2D eigenvalue weighted by molar-refractivity contribution is -0.384. The molecule has 0 saturated carbocycles. The Morgan fingerprint density at radius 2 is 1.08 bits per heavy atom. The van der Waals surface area contributed by atoms with E-state index in [1.165, 1.54) is 21.9 Å². The predicted octanol–water partition coefficient (Wildman–Crippen LogP) is -1.96. The minimum Gasteiger partial charge on any atom is -0.480 e. The highest BCUT2D eigenvalue weighted by Crippen LogP contribution is 2.14. The van der Waals surface area contributed by atoms with Crippen LogP contribution < -0.4 is 5.32 Å². The van der Waals surface area contributed by atoms with E-state index < -0.39 is 60.9 Å². The van der Waals surface area contributed by atoms with E-state index in [4.69, 9.17) is 0 Å². The maximum atomic E-state index is 11.4. The van der Waals surface area contributed by atoms with E-state index in [0.29, 0.717) is 65.3 Å². The number of aliphatic carboxylic acids is 5. The number of benzene rings is 1. The van der Waals surface area contributed by atoms with Crippen molar-refractivity contribution in [1.29, 1.82) is 0 Å². The first kappa shape index (κ1) is 39.9. The second-order valence-electron chi connectivity index (χ2n) is 11.6. The maximum Gasteiger partial charge on any atom is 0.317 e. The minimum atomic E-state index is -1.15. The third kappa shape index (κ3) is 17.0. The number of nitrogens with zero attached hydrogens (tertiary/aromatic N) is 6. The van der Waals surface area contributed by atoms with Crippen LogP contribution in [-0.2, 0) is 30.4 Å². The van der Waals surface area contributed by atoms with Crippen LogP contribution in [0, 0.1) is 10.1 Å². The van der Waals surface area contributed by atoms with Gasteiger partial charge in [0.15, 0.2) is 0 Å². The van der Waals surface area contributed by atoms with E-state index >= 15 is 0 Å². The zero-order chi connectivity index (χ0) is 35.6. The molecule has 1 atom stereocenters. The molecule has 1 aliphatic heterocycles. The third-order valence-corrected chi connectivity index (χ3v) is 7.75. The number of nitro benzene ring substituents is 1. The maximum absolute atomic E-state index is 11.4. The fourth-order valence-electron chi connectivity index (χ4n) is 5.36. The number of nitro groups is 1. The summed E-state index contributed by atoms with van der Waals surface area (Å²) in [6, 6.07) is 5.66. The molecule has 268 valence electrons. The summed E-state index contributed by atoms with van der Waals surface area (Å²) in [5.41, 5.74) is 0.703. The molecule has 48 heavy (non-hydrogen) atoms. The number of carboxylic acid groups (broad SMARTS) is 5. The number of nitrogens with one attached hydrogen (secondary N) is 1. The van der Waals surface area contributed by atoms with Crippen LogP contribution in [0.25, 0.3) is 0 Å². The Labute approximate surface area is 277 Å². The van der Waals surface area contributed by atoms with Gasteiger partial charge in [-0.15, -0.1) is 0 Å². The fourth-order valence-corrected chi connectivity index (χ4v) is 5.36. The van der Waals surface area contributed by atoms with E-state index in [-0.39, 0.29) is 31.4 Å². The van der Waals surface area contributed by atoms with Crippen LogP contribution >= 0.6 is 0 Å². The van der Waals surface area contributed by atoms with Gasteiger partial charge in [0, 0.05) is 90.2 Å². The van der Waals surface area contributed by atoms with Crippen LogP contribution in [0.15, 0.2) is 24.3 Å². The Kier molecular flexibility index (Phi) is 17.3. The van der Waals surface area contributed by atoms with Crippen LogP contribution in [0.2, 0.25) is 0 Å². The van der Waals surface area contributed by atoms with E-state index in [0.717, 1.165) is 5.56 Å². The van der Waals surface area contributed by atoms with Crippen molar-refractivity contribution >= 4 is 35.5 Å². The van der Waals surface area contributed by atoms with Crippen LogP contribution in [0.1, 0.15) is 5.56 Å². The summed E-state index contributed by atoms with van der Waals surface area (Å²) < 4.78 is 0. The summed E-state index contributed by atoms with van der Waals surface area (Å²) in [5.74, 6) is -5.67. The summed E-state index contributed by atoms with van der Waals surface area (Å²) in [7, 11) is 0. The molecule has 0 spiro atoms. The van der Waals surface area contributed by atoms with Crippen molar-refractivity contribution < 1.29 is 54.4 Å². The lowest BCUT2D eigenvalue weighted by atomic mass is 10.0. The number of hydrogen-bond acceptors (Lipinski definition) is 13. The molecule has 19 heteroatoms. The van der Waals surface area contributed by atoms with Crippen molar-refractivity contribution in [3.8, 4) is 0 Å². The molecule has 6 N–H and O–H groups in total. The van der Waals surface area contributed by atoms with Crippen LogP contribution in [0.4, 0.5) is 5.69 Å². The molecule has 1 aliphatic rings. The standard InChI is InChI=1S/C29H45N7O12/c37-25(38)16-30-23(15-22-1-3-24(4-2-22)36(47)48)17-33-11-7-31(9-13-34(18-26(39)40)19-27(41)42)5-6-32(8-12-33)10-14-35(20-28(43)44)21-29(45)46/h1-4,23,30H,5-21H2,(H,37,38)(H,39,40)(H,41,42)(H,43,44)(H,45,46). The molecule has 1 unspecified atom stereocenters. The van der Waals surface area contributed by atoms with Crippen LogP contribution in [0.3, 0.4) is 0 Å². The Bertz CT molecular complexity index is 1150. The number of carboxylic acids is 5. The van der Waals surface area contributed by atoms with Gasteiger partial charge in [0.05, 0.1) is 37.6 Å². The Hall–Kier alpha value is -4.27. The van der Waals surface area contributed by atoms with E-state index in [1.54, 1.807) is 12.1 Å². The smallest absolute Gasteiger partial charge is 0.317 e. The number of non-ortho nitro benzene ring substituents is 1. The molecule has 1 saturated heterocycles. The van der Waals surface area contributed by atoms with Gasteiger partial charge in [0.1, 0.15) is 0 Å². The first-order valence-electron chi connectivity index (χ1n) is 15.4. The molecule has 1 fully saturated rings. The molecule has 1 aromatic rings. The molecule has 0 bridgehead atoms. The van der Waals surface area contributed by atoms with Gasteiger partial charge in [-0.25, -0.2) is 0 Å². The molecule has 2 rings (SSSR count). The largest absolute Gasteiger partial charge is 0.480 e. The molecule has 19 nitrogen and oxygen atoms in total. The van der Waals surface area contributed by atoms with Crippen molar-refractivity contribution in [3.05, 3.63) is 39.9 Å². The van der Waals surface area contributed by atoms with Gasteiger partial charge in [0.2, 0.25) is 0 Å². The molecule has 0 aromatic heterocycles. The van der Waals surface area contributed by atoms with Gasteiger partial charge in [-0.1, -0.05) is 12.1 Å². The van der Waals surface area contributed by atoms with Gasteiger partial charge >= 0.3 is 29.8 Å². The quantitative estimate of drug-likeness (QED) is 0.0573. The van der Waals surface area contributed by atoms with E-state index in [9.17, 15) is 59.6 Å². The molecule has 0 amide bonds. The predicted molar refractivity (Wildman–Crippen MR) is 169 cm³/mol. The van der Waals surface area contributed by atoms with E-state index in [1.807, 2.05) is 0 Å². The second kappa shape index (κ2) is 20.9. The lowest BCUT2D eigenvalue weighted by Crippen LogP contribution is -2.48. The van der Waals surface area contributed by atoms with Crippen LogP contribution in [0.5, 0.6) is 0 Å². The molecular formula is C29H45N7O12. The first-order valence-corrected chi connectivity index (χ1v) is 15.4. The highest BCUT2D eigenvalue weighted by Gasteiger charge is 2.23. The van der Waals surface area contributed by atoms with Gasteiger partial charge in [-0.3, -0.25) is 58.6 Å². The summed E-state index contributed by atoms with van der Waals surface area (Å²) in [4.78, 5) is 76.0. The molecule has 0 aliphatic carbocycles. The highest BCUT2D eigenvalue weighted by atomic mass is 16.6. The summed E-state index contributed by atoms with van der Waals surface area (Å²) in [6.07, 6.45) is 0.383. The van der Waals surface area contributed by atoms with Gasteiger partial charge in [0.25, 0.3) is 5.69 Å². The normalized spacial score (nSPS) is 15.8. The molecule has 0 radical (unpaired) electrons. The van der Waals surface area contributed by atoms with Crippen molar-refractivity contribution in [2.75, 3.05) is 105 Å². The molecule has 1 aromatic carbocycles.